The Morgan fingerprint density at radius 3 is 1.44 bits per heavy atom. The van der Waals surface area contributed by atoms with E-state index >= 15 is 0 Å². The smallest absolute Gasteiger partial charge is 0.371 e. The van der Waals surface area contributed by atoms with Gasteiger partial charge >= 0.3 is 8.80 Å². The minimum atomic E-state index is -2.56. The maximum atomic E-state index is 6.08. The van der Waals surface area contributed by atoms with Crippen LogP contribution in [-0.4, -0.2) is 32.9 Å². The zero-order valence-corrected chi connectivity index (χ0v) is 14.6. The maximum absolute atomic E-state index is 6.08. The molecule has 0 radical (unpaired) electrons. The minimum absolute atomic E-state index is 0.130. The molecule has 0 atom stereocenters. The van der Waals surface area contributed by atoms with E-state index in [1.807, 2.05) is 41.5 Å². The highest BCUT2D eigenvalue weighted by Crippen LogP contribution is 2.24. The first-order chi connectivity index (χ1) is 8.31. The molecule has 0 spiro atoms. The molecule has 18 heavy (non-hydrogen) atoms. The van der Waals surface area contributed by atoms with Gasteiger partial charge in [-0.2, -0.15) is 12.6 Å². The van der Waals surface area contributed by atoms with Gasteiger partial charge in [0.05, 0.1) is 0 Å². The van der Waals surface area contributed by atoms with Crippen molar-refractivity contribution in [2.75, 3.05) is 5.75 Å². The Bertz CT molecular complexity index is 184. The minimum Gasteiger partial charge on any atom is -0.371 e. The van der Waals surface area contributed by atoms with Crippen LogP contribution < -0.4 is 0 Å². The summed E-state index contributed by atoms with van der Waals surface area (Å²) in [5.74, 6) is 0.898. The van der Waals surface area contributed by atoms with Gasteiger partial charge in [0.2, 0.25) is 0 Å². The molecule has 0 saturated carbocycles. The maximum Gasteiger partial charge on any atom is 0.501 e. The second-order valence-corrected chi connectivity index (χ2v) is 8.38. The third-order valence-electron chi connectivity index (χ3n) is 2.14. The summed E-state index contributed by atoms with van der Waals surface area (Å²) in [5.41, 5.74) is 0. The first-order valence-electron chi connectivity index (χ1n) is 6.95. The molecular weight excluding hydrogens is 264 g/mol. The van der Waals surface area contributed by atoms with E-state index in [-0.39, 0.29) is 18.3 Å². The van der Waals surface area contributed by atoms with Crippen molar-refractivity contribution in [1.82, 2.24) is 0 Å². The predicted octanol–water partition coefficient (Wildman–Crippen LogP) is 3.91. The van der Waals surface area contributed by atoms with E-state index in [9.17, 15) is 0 Å². The van der Waals surface area contributed by atoms with Crippen molar-refractivity contribution in [2.45, 2.75) is 78.7 Å². The number of unbranched alkanes of at least 4 members (excludes halogenated alkanes) is 1. The third kappa shape index (κ3) is 8.53. The SMILES string of the molecule is CC(C)O[Si](CCCCS)(OC(C)C)OC(C)C. The van der Waals surface area contributed by atoms with Crippen LogP contribution in [0.25, 0.3) is 0 Å². The Balaban J connectivity index is 4.74. The number of hydrogen-bond acceptors (Lipinski definition) is 4. The summed E-state index contributed by atoms with van der Waals surface area (Å²) < 4.78 is 18.2. The summed E-state index contributed by atoms with van der Waals surface area (Å²) in [7, 11) is -2.56. The molecule has 0 bridgehead atoms. The van der Waals surface area contributed by atoms with Crippen LogP contribution in [0, 0.1) is 0 Å². The molecule has 0 heterocycles. The van der Waals surface area contributed by atoms with Crippen LogP contribution in [0.1, 0.15) is 54.4 Å². The highest BCUT2D eigenvalue weighted by molar-refractivity contribution is 7.80. The molecule has 0 aromatic heterocycles. The van der Waals surface area contributed by atoms with Crippen molar-refractivity contribution in [2.24, 2.45) is 0 Å². The topological polar surface area (TPSA) is 27.7 Å². The second-order valence-electron chi connectivity index (χ2n) is 5.36. The Kier molecular flexibility index (Phi) is 9.60. The van der Waals surface area contributed by atoms with E-state index in [4.69, 9.17) is 13.3 Å². The highest BCUT2D eigenvalue weighted by Gasteiger charge is 2.43. The molecule has 0 unspecified atom stereocenters. The van der Waals surface area contributed by atoms with Crippen LogP contribution in [0.3, 0.4) is 0 Å². The average molecular weight is 295 g/mol. The van der Waals surface area contributed by atoms with Gasteiger partial charge < -0.3 is 13.3 Å². The van der Waals surface area contributed by atoms with E-state index in [0.29, 0.717) is 0 Å². The third-order valence-corrected chi connectivity index (χ3v) is 5.91. The van der Waals surface area contributed by atoms with Gasteiger partial charge in [0, 0.05) is 24.4 Å². The van der Waals surface area contributed by atoms with Gasteiger partial charge in [-0.25, -0.2) is 0 Å². The molecule has 0 aliphatic carbocycles. The molecule has 0 fully saturated rings. The van der Waals surface area contributed by atoms with Gasteiger partial charge in [0.25, 0.3) is 0 Å². The van der Waals surface area contributed by atoms with Gasteiger partial charge in [-0.1, -0.05) is 0 Å². The summed E-state index contributed by atoms with van der Waals surface area (Å²) in [4.78, 5) is 0. The van der Waals surface area contributed by atoms with Crippen molar-refractivity contribution >= 4 is 21.4 Å². The molecule has 0 aliphatic heterocycles. The average Bonchev–Trinajstić information content (AvgIpc) is 2.13. The van der Waals surface area contributed by atoms with Crippen molar-refractivity contribution in [3.63, 3.8) is 0 Å². The van der Waals surface area contributed by atoms with Gasteiger partial charge in [-0.3, -0.25) is 0 Å². The lowest BCUT2D eigenvalue weighted by Crippen LogP contribution is -2.50. The lowest BCUT2D eigenvalue weighted by atomic mass is 10.4. The number of rotatable bonds is 10. The molecule has 0 aliphatic rings. The lowest BCUT2D eigenvalue weighted by molar-refractivity contribution is 0.00288. The zero-order valence-electron chi connectivity index (χ0n) is 12.7. The molecule has 0 aromatic rings. The van der Waals surface area contributed by atoms with E-state index in [0.717, 1.165) is 24.6 Å². The van der Waals surface area contributed by atoms with Gasteiger partial charge in [-0.05, 0) is 60.1 Å². The molecule has 3 nitrogen and oxygen atoms in total. The molecule has 0 N–H and O–H groups in total. The van der Waals surface area contributed by atoms with Crippen LogP contribution in [0.2, 0.25) is 6.04 Å². The molecule has 110 valence electrons. The van der Waals surface area contributed by atoms with Gasteiger partial charge in [0.1, 0.15) is 0 Å². The van der Waals surface area contributed by atoms with Crippen LogP contribution in [0.4, 0.5) is 0 Å². The molecule has 0 aromatic carbocycles. The summed E-state index contributed by atoms with van der Waals surface area (Å²) in [6.07, 6.45) is 2.50. The van der Waals surface area contributed by atoms with Gasteiger partial charge in [0.15, 0.2) is 0 Å². The summed E-state index contributed by atoms with van der Waals surface area (Å²) in [5, 5.41) is 0. The summed E-state index contributed by atoms with van der Waals surface area (Å²) >= 11 is 4.25. The molecule has 0 saturated heterocycles. The standard InChI is InChI=1S/C13H30O3SSi/c1-11(2)14-18(15-12(3)4,16-13(5)6)10-8-7-9-17/h11-13,17H,7-10H2,1-6H3. The Labute approximate surface area is 119 Å². The van der Waals surface area contributed by atoms with Gasteiger partial charge in [-0.15, -0.1) is 0 Å². The van der Waals surface area contributed by atoms with Crippen LogP contribution in [0.15, 0.2) is 0 Å². The Hall–Kier alpha value is 0.447. The fourth-order valence-electron chi connectivity index (χ4n) is 1.79. The Morgan fingerprint density at radius 1 is 0.778 bits per heavy atom. The van der Waals surface area contributed by atoms with Crippen LogP contribution in [0.5, 0.6) is 0 Å². The summed E-state index contributed by atoms with van der Waals surface area (Å²) in [6, 6.07) is 0.877. The van der Waals surface area contributed by atoms with E-state index in [1.165, 1.54) is 0 Å². The van der Waals surface area contributed by atoms with E-state index < -0.39 is 8.80 Å². The quantitative estimate of drug-likeness (QED) is 0.376. The van der Waals surface area contributed by atoms with E-state index in [2.05, 4.69) is 12.6 Å². The van der Waals surface area contributed by atoms with Crippen molar-refractivity contribution in [3.8, 4) is 0 Å². The Morgan fingerprint density at radius 2 is 1.17 bits per heavy atom. The van der Waals surface area contributed by atoms with E-state index in [1.54, 1.807) is 0 Å². The monoisotopic (exact) mass is 294 g/mol. The van der Waals surface area contributed by atoms with Crippen molar-refractivity contribution in [3.05, 3.63) is 0 Å². The highest BCUT2D eigenvalue weighted by atomic mass is 32.1. The summed E-state index contributed by atoms with van der Waals surface area (Å²) in [6.45, 7) is 12.2. The molecule has 5 heteroatoms. The zero-order chi connectivity index (χ0) is 14.2. The van der Waals surface area contributed by atoms with Crippen molar-refractivity contribution < 1.29 is 13.3 Å². The molecule has 0 amide bonds. The largest absolute Gasteiger partial charge is 0.501 e. The fraction of sp³-hybridized carbons (Fsp3) is 1.00. The predicted molar refractivity (Wildman–Crippen MR) is 82.3 cm³/mol. The molecule has 0 rings (SSSR count). The van der Waals surface area contributed by atoms with Crippen molar-refractivity contribution in [1.29, 1.82) is 0 Å². The van der Waals surface area contributed by atoms with Crippen LogP contribution >= 0.6 is 12.6 Å². The number of thiol groups is 1. The number of hydrogen-bond donors (Lipinski definition) is 1. The lowest BCUT2D eigenvalue weighted by Gasteiger charge is -2.34. The first-order valence-corrected chi connectivity index (χ1v) is 9.52. The first kappa shape index (κ1) is 18.4. The van der Waals surface area contributed by atoms with Crippen LogP contribution in [-0.2, 0) is 13.3 Å². The second kappa shape index (κ2) is 9.37. The molecular formula is C13H30O3SSi. The fourth-order valence-corrected chi connectivity index (χ4v) is 5.37. The normalized spacial score (nSPS) is 13.0.